The lowest BCUT2D eigenvalue weighted by Gasteiger charge is -2.17. The van der Waals surface area contributed by atoms with E-state index < -0.39 is 10.0 Å². The predicted octanol–water partition coefficient (Wildman–Crippen LogP) is 3.40. The molecule has 1 N–H and O–H groups in total. The fourth-order valence-corrected chi connectivity index (χ4v) is 5.21. The summed E-state index contributed by atoms with van der Waals surface area (Å²) in [7, 11) is -3.30. The number of halogens is 2. The second-order valence-electron chi connectivity index (χ2n) is 7.82. The van der Waals surface area contributed by atoms with Crippen LogP contribution in [0.1, 0.15) is 24.3 Å². The highest BCUT2D eigenvalue weighted by Gasteiger charge is 2.47. The molecule has 1 aliphatic heterocycles. The summed E-state index contributed by atoms with van der Waals surface area (Å²) in [4.78, 5) is 14.7. The molecule has 1 saturated carbocycles. The van der Waals surface area contributed by atoms with Crippen molar-refractivity contribution >= 4 is 27.5 Å². The number of hydrogen-bond donors (Lipinski definition) is 1. The van der Waals surface area contributed by atoms with Crippen LogP contribution in [0.5, 0.6) is 0 Å². The molecule has 0 spiro atoms. The zero-order valence-corrected chi connectivity index (χ0v) is 17.5. The normalized spacial score (nSPS) is 24.0. The first kappa shape index (κ1) is 20.3. The van der Waals surface area contributed by atoms with Gasteiger partial charge in [-0.2, -0.15) is 0 Å². The van der Waals surface area contributed by atoms with Gasteiger partial charge >= 0.3 is 0 Å². The van der Waals surface area contributed by atoms with E-state index in [1.165, 1.54) is 12.1 Å². The van der Waals surface area contributed by atoms with Crippen LogP contribution in [-0.2, 0) is 14.8 Å². The Labute approximate surface area is 174 Å². The molecule has 154 valence electrons. The van der Waals surface area contributed by atoms with Gasteiger partial charge in [-0.15, -0.1) is 0 Å². The molecule has 1 aliphatic carbocycles. The molecule has 8 heteroatoms. The maximum absolute atomic E-state index is 14.0. The second-order valence-corrected chi connectivity index (χ2v) is 10.0. The maximum Gasteiger partial charge on any atom is 0.226 e. The largest absolute Gasteiger partial charge is 0.341 e. The van der Waals surface area contributed by atoms with E-state index >= 15 is 0 Å². The molecular formula is C21H22ClFN2O3S. The van der Waals surface area contributed by atoms with Crippen LogP contribution < -0.4 is 4.72 Å². The van der Waals surface area contributed by atoms with Crippen molar-refractivity contribution in [1.29, 1.82) is 0 Å². The smallest absolute Gasteiger partial charge is 0.226 e. The predicted molar refractivity (Wildman–Crippen MR) is 111 cm³/mol. The minimum Gasteiger partial charge on any atom is -0.341 e. The molecule has 0 aromatic heterocycles. The Morgan fingerprint density at radius 3 is 2.69 bits per heavy atom. The summed E-state index contributed by atoms with van der Waals surface area (Å²) < 4.78 is 39.4. The Balaban J connectivity index is 1.51. The third kappa shape index (κ3) is 4.47. The lowest BCUT2D eigenvalue weighted by atomic mass is 9.95. The summed E-state index contributed by atoms with van der Waals surface area (Å²) in [6, 6.07) is 11.7. The summed E-state index contributed by atoms with van der Waals surface area (Å²) in [6.45, 7) is 0.923. The number of nitrogens with one attached hydrogen (secondary N) is 1. The first-order valence-corrected chi connectivity index (χ1v) is 11.8. The molecular weight excluding hydrogens is 415 g/mol. The minimum absolute atomic E-state index is 0.0105. The molecule has 1 amide bonds. The fourth-order valence-electron chi connectivity index (χ4n) is 4.17. The maximum atomic E-state index is 14.0. The van der Waals surface area contributed by atoms with Gasteiger partial charge in [0.2, 0.25) is 15.9 Å². The van der Waals surface area contributed by atoms with Gasteiger partial charge in [0.1, 0.15) is 5.82 Å². The number of sulfonamides is 1. The highest BCUT2D eigenvalue weighted by Crippen LogP contribution is 2.52. The van der Waals surface area contributed by atoms with Gasteiger partial charge in [-0.05, 0) is 48.1 Å². The van der Waals surface area contributed by atoms with Crippen molar-refractivity contribution in [3.63, 3.8) is 0 Å². The molecule has 2 aromatic rings. The lowest BCUT2D eigenvalue weighted by molar-refractivity contribution is -0.131. The van der Waals surface area contributed by atoms with Crippen LogP contribution in [0.3, 0.4) is 0 Å². The van der Waals surface area contributed by atoms with Gasteiger partial charge in [0.05, 0.1) is 6.26 Å². The Bertz CT molecular complexity index is 1060. The van der Waals surface area contributed by atoms with Crippen molar-refractivity contribution in [2.45, 2.75) is 24.8 Å². The lowest BCUT2D eigenvalue weighted by Crippen LogP contribution is -2.38. The molecule has 0 radical (unpaired) electrons. The van der Waals surface area contributed by atoms with E-state index in [9.17, 15) is 17.6 Å². The zero-order valence-electron chi connectivity index (χ0n) is 15.9. The topological polar surface area (TPSA) is 66.5 Å². The Morgan fingerprint density at radius 1 is 1.21 bits per heavy atom. The quantitative estimate of drug-likeness (QED) is 0.781. The van der Waals surface area contributed by atoms with Crippen LogP contribution in [0, 0.1) is 11.7 Å². The minimum atomic E-state index is -3.30. The summed E-state index contributed by atoms with van der Waals surface area (Å²) in [5, 5.41) is 0.539. The van der Waals surface area contributed by atoms with Crippen LogP contribution >= 0.6 is 11.6 Å². The van der Waals surface area contributed by atoms with E-state index in [1.807, 2.05) is 18.2 Å². The van der Waals surface area contributed by atoms with Crippen molar-refractivity contribution in [3.8, 4) is 11.1 Å². The molecule has 5 nitrogen and oxygen atoms in total. The molecule has 2 fully saturated rings. The molecule has 1 heterocycles. The number of amides is 1. The highest BCUT2D eigenvalue weighted by atomic mass is 35.5. The second kappa shape index (κ2) is 7.70. The van der Waals surface area contributed by atoms with Crippen LogP contribution in [0.4, 0.5) is 4.39 Å². The molecule has 2 aromatic carbocycles. The van der Waals surface area contributed by atoms with Crippen molar-refractivity contribution in [2.75, 3.05) is 19.3 Å². The number of rotatable bonds is 5. The van der Waals surface area contributed by atoms with Crippen molar-refractivity contribution < 1.29 is 17.6 Å². The first-order chi connectivity index (χ1) is 13.7. The van der Waals surface area contributed by atoms with Gasteiger partial charge in [0.25, 0.3) is 0 Å². The molecule has 1 saturated heterocycles. The van der Waals surface area contributed by atoms with E-state index in [0.717, 1.165) is 17.4 Å². The van der Waals surface area contributed by atoms with E-state index in [-0.39, 0.29) is 29.6 Å². The molecule has 3 atom stereocenters. The van der Waals surface area contributed by atoms with Gasteiger partial charge < -0.3 is 4.90 Å². The Kier molecular flexibility index (Phi) is 5.40. The van der Waals surface area contributed by atoms with Gasteiger partial charge in [-0.1, -0.05) is 35.9 Å². The number of likely N-dealkylation sites (tertiary alicyclic amines) is 1. The monoisotopic (exact) mass is 436 g/mol. The Hall–Kier alpha value is -1.96. The van der Waals surface area contributed by atoms with Gasteiger partial charge in [0.15, 0.2) is 0 Å². The van der Waals surface area contributed by atoms with E-state index in [0.29, 0.717) is 36.5 Å². The van der Waals surface area contributed by atoms with Gasteiger partial charge in [-0.3, -0.25) is 4.79 Å². The van der Waals surface area contributed by atoms with Crippen LogP contribution in [0.15, 0.2) is 42.5 Å². The van der Waals surface area contributed by atoms with Crippen LogP contribution in [-0.4, -0.2) is 44.6 Å². The standard InChI is InChI=1S/C21H22ClFN2O3S/c1-29(27,28)24-14-8-9-25(12-14)21(26)19-11-18(19)15-7-6-13(23)10-17(15)16-4-2-3-5-20(16)22/h2-7,10,14,18-19,24H,8-9,11-12H2,1H3. The average Bonchev–Trinajstić information content (AvgIpc) is 3.31. The summed E-state index contributed by atoms with van der Waals surface area (Å²) in [6.07, 6.45) is 2.43. The molecule has 0 bridgehead atoms. The van der Waals surface area contributed by atoms with E-state index in [2.05, 4.69) is 4.72 Å². The Morgan fingerprint density at radius 2 is 1.97 bits per heavy atom. The molecule has 29 heavy (non-hydrogen) atoms. The van der Waals surface area contributed by atoms with Crippen molar-refractivity contribution in [3.05, 3.63) is 58.9 Å². The summed E-state index contributed by atoms with van der Waals surface area (Å²) in [5.41, 5.74) is 2.39. The zero-order chi connectivity index (χ0) is 20.8. The van der Waals surface area contributed by atoms with Gasteiger partial charge in [-0.25, -0.2) is 17.5 Å². The molecule has 3 unspecified atom stereocenters. The van der Waals surface area contributed by atoms with E-state index in [1.54, 1.807) is 17.0 Å². The van der Waals surface area contributed by atoms with Crippen molar-refractivity contribution in [2.24, 2.45) is 5.92 Å². The van der Waals surface area contributed by atoms with Gasteiger partial charge in [0, 0.05) is 35.6 Å². The van der Waals surface area contributed by atoms with Crippen molar-refractivity contribution in [1.82, 2.24) is 9.62 Å². The third-order valence-electron chi connectivity index (χ3n) is 5.57. The number of benzene rings is 2. The van der Waals surface area contributed by atoms with Crippen LogP contribution in [0.2, 0.25) is 5.02 Å². The van der Waals surface area contributed by atoms with E-state index in [4.69, 9.17) is 11.6 Å². The summed E-state index contributed by atoms with van der Waals surface area (Å²) in [5.74, 6) is -0.473. The SMILES string of the molecule is CS(=O)(=O)NC1CCN(C(=O)C2CC2c2ccc(F)cc2-c2ccccc2Cl)C1. The highest BCUT2D eigenvalue weighted by molar-refractivity contribution is 7.88. The first-order valence-electron chi connectivity index (χ1n) is 9.53. The molecule has 2 aliphatic rings. The number of nitrogens with zero attached hydrogens (tertiary/aromatic N) is 1. The average molecular weight is 437 g/mol. The van der Waals surface area contributed by atoms with Crippen LogP contribution in [0.25, 0.3) is 11.1 Å². The molecule has 4 rings (SSSR count). The fraction of sp³-hybridized carbons (Fsp3) is 0.381. The number of carbonyl (C=O) groups is 1. The summed E-state index contributed by atoms with van der Waals surface area (Å²) >= 11 is 6.33. The number of hydrogen-bond acceptors (Lipinski definition) is 3. The third-order valence-corrected chi connectivity index (χ3v) is 6.66. The number of carbonyl (C=O) groups excluding carboxylic acids is 1.